The Hall–Kier alpha value is -1.20. The van der Waals surface area contributed by atoms with Crippen molar-refractivity contribution >= 4 is 23.0 Å². The second-order valence-electron chi connectivity index (χ2n) is 4.84. The summed E-state index contributed by atoms with van der Waals surface area (Å²) in [6.07, 6.45) is 3.82. The van der Waals surface area contributed by atoms with E-state index in [4.69, 9.17) is 5.73 Å². The number of nitrogens with one attached hydrogen (secondary N) is 1. The minimum atomic E-state index is -0.0760. The van der Waals surface area contributed by atoms with E-state index in [1.54, 1.807) is 11.4 Å². The molecule has 18 heavy (non-hydrogen) atoms. The molecule has 1 fully saturated rings. The number of Topliss-reactive ketones (excluding diaryl/α,β-unsaturated/α-hetero) is 1. The van der Waals surface area contributed by atoms with Crippen molar-refractivity contribution in [1.82, 2.24) is 5.32 Å². The quantitative estimate of drug-likeness (QED) is 0.821. The van der Waals surface area contributed by atoms with Gasteiger partial charge in [0.25, 0.3) is 5.91 Å². The predicted molar refractivity (Wildman–Crippen MR) is 72.0 cm³/mol. The van der Waals surface area contributed by atoms with E-state index in [2.05, 4.69) is 5.32 Å². The summed E-state index contributed by atoms with van der Waals surface area (Å²) < 4.78 is 0. The van der Waals surface area contributed by atoms with E-state index in [1.165, 1.54) is 18.3 Å². The Bertz CT molecular complexity index is 448. The highest BCUT2D eigenvalue weighted by Crippen LogP contribution is 2.19. The lowest BCUT2D eigenvalue weighted by Crippen LogP contribution is -2.40. The topological polar surface area (TPSA) is 72.2 Å². The van der Waals surface area contributed by atoms with Crippen LogP contribution in [0, 0.1) is 0 Å². The number of hydrogen-bond donors (Lipinski definition) is 2. The van der Waals surface area contributed by atoms with Crippen LogP contribution in [0.4, 0.5) is 0 Å². The van der Waals surface area contributed by atoms with Gasteiger partial charge in [-0.05, 0) is 38.7 Å². The lowest BCUT2D eigenvalue weighted by Gasteiger charge is -2.26. The Morgan fingerprint density at radius 3 is 2.56 bits per heavy atom. The Kier molecular flexibility index (Phi) is 4.14. The number of nitrogens with two attached hydrogens (primary N) is 1. The summed E-state index contributed by atoms with van der Waals surface area (Å²) in [7, 11) is 0. The van der Waals surface area contributed by atoms with Crippen molar-refractivity contribution in [3.05, 3.63) is 21.9 Å². The van der Waals surface area contributed by atoms with Gasteiger partial charge in [-0.25, -0.2) is 0 Å². The van der Waals surface area contributed by atoms with Gasteiger partial charge in [-0.2, -0.15) is 0 Å². The zero-order chi connectivity index (χ0) is 13.1. The van der Waals surface area contributed by atoms with Crippen LogP contribution in [0.3, 0.4) is 0 Å². The number of carbonyl (C=O) groups excluding carboxylic acids is 2. The fourth-order valence-corrected chi connectivity index (χ4v) is 3.01. The van der Waals surface area contributed by atoms with Crippen LogP contribution in [0.5, 0.6) is 0 Å². The molecule has 1 aliphatic rings. The maximum absolute atomic E-state index is 12.0. The summed E-state index contributed by atoms with van der Waals surface area (Å²) in [5.41, 5.74) is 6.43. The molecule has 0 aromatic carbocycles. The van der Waals surface area contributed by atoms with Crippen molar-refractivity contribution in [2.24, 2.45) is 5.73 Å². The molecular formula is C13H18N2O2S. The standard InChI is InChI=1S/C13H18N2O2S/c1-8(16)9-6-12(18-7-9)13(17)15-11-4-2-10(14)3-5-11/h6-7,10-11H,2-5,14H2,1H3,(H,15,17). The largest absolute Gasteiger partial charge is 0.349 e. The highest BCUT2D eigenvalue weighted by atomic mass is 32.1. The molecule has 1 aliphatic carbocycles. The van der Waals surface area contributed by atoms with Crippen molar-refractivity contribution in [3.8, 4) is 0 Å². The highest BCUT2D eigenvalue weighted by Gasteiger charge is 2.21. The fourth-order valence-electron chi connectivity index (χ4n) is 2.16. The Balaban J connectivity index is 1.93. The Labute approximate surface area is 111 Å². The van der Waals surface area contributed by atoms with Gasteiger partial charge in [-0.15, -0.1) is 11.3 Å². The fraction of sp³-hybridized carbons (Fsp3) is 0.538. The molecule has 4 nitrogen and oxygen atoms in total. The van der Waals surface area contributed by atoms with Crippen molar-refractivity contribution < 1.29 is 9.59 Å². The zero-order valence-electron chi connectivity index (χ0n) is 10.4. The molecule has 0 saturated heterocycles. The first-order chi connectivity index (χ1) is 8.56. The molecule has 1 heterocycles. The maximum Gasteiger partial charge on any atom is 0.261 e. The minimum absolute atomic E-state index is 0.00561. The van der Waals surface area contributed by atoms with Gasteiger partial charge >= 0.3 is 0 Å². The average Bonchev–Trinajstić information content (AvgIpc) is 2.81. The number of amides is 1. The zero-order valence-corrected chi connectivity index (χ0v) is 11.3. The van der Waals surface area contributed by atoms with Crippen LogP contribution in [0.2, 0.25) is 0 Å². The van der Waals surface area contributed by atoms with Crippen LogP contribution in [-0.4, -0.2) is 23.8 Å². The molecular weight excluding hydrogens is 248 g/mol. The Morgan fingerprint density at radius 2 is 2.00 bits per heavy atom. The van der Waals surface area contributed by atoms with E-state index in [0.29, 0.717) is 10.4 Å². The first-order valence-corrected chi connectivity index (χ1v) is 7.10. The molecule has 0 radical (unpaired) electrons. The predicted octanol–water partition coefficient (Wildman–Crippen LogP) is 1.95. The summed E-state index contributed by atoms with van der Waals surface area (Å²) in [5.74, 6) is -0.0816. The molecule has 0 bridgehead atoms. The molecule has 0 unspecified atom stereocenters. The molecule has 3 N–H and O–H groups in total. The molecule has 1 aromatic heterocycles. The van der Waals surface area contributed by atoms with Crippen LogP contribution in [-0.2, 0) is 0 Å². The van der Waals surface area contributed by atoms with Crippen molar-refractivity contribution in [3.63, 3.8) is 0 Å². The molecule has 0 atom stereocenters. The molecule has 0 aliphatic heterocycles. The van der Waals surface area contributed by atoms with E-state index in [1.807, 2.05) is 0 Å². The normalized spacial score (nSPS) is 23.7. The second-order valence-corrected chi connectivity index (χ2v) is 5.75. The third kappa shape index (κ3) is 3.17. The van der Waals surface area contributed by atoms with Gasteiger partial charge in [0, 0.05) is 23.0 Å². The third-order valence-electron chi connectivity index (χ3n) is 3.34. The van der Waals surface area contributed by atoms with E-state index >= 15 is 0 Å². The third-order valence-corrected chi connectivity index (χ3v) is 4.27. The van der Waals surface area contributed by atoms with Gasteiger partial charge in [0.15, 0.2) is 5.78 Å². The summed E-state index contributed by atoms with van der Waals surface area (Å²) in [6.45, 7) is 1.51. The number of rotatable bonds is 3. The molecule has 1 aromatic rings. The first kappa shape index (κ1) is 13.2. The average molecular weight is 266 g/mol. The summed E-state index contributed by atoms with van der Waals surface area (Å²) in [5, 5.41) is 4.74. The number of ketones is 1. The van der Waals surface area contributed by atoms with E-state index in [0.717, 1.165) is 25.7 Å². The van der Waals surface area contributed by atoms with Crippen LogP contribution in [0.1, 0.15) is 52.6 Å². The van der Waals surface area contributed by atoms with Gasteiger partial charge < -0.3 is 11.1 Å². The maximum atomic E-state index is 12.0. The van der Waals surface area contributed by atoms with Gasteiger partial charge in [0.05, 0.1) is 4.88 Å². The summed E-state index contributed by atoms with van der Waals surface area (Å²) in [6, 6.07) is 2.17. The van der Waals surface area contributed by atoms with Gasteiger partial charge in [-0.1, -0.05) is 0 Å². The van der Waals surface area contributed by atoms with E-state index < -0.39 is 0 Å². The smallest absolute Gasteiger partial charge is 0.261 e. The number of carbonyl (C=O) groups is 2. The van der Waals surface area contributed by atoms with E-state index in [9.17, 15) is 9.59 Å². The molecule has 5 heteroatoms. The lowest BCUT2D eigenvalue weighted by atomic mass is 9.92. The SMILES string of the molecule is CC(=O)c1csc(C(=O)NC2CCC(N)CC2)c1. The first-order valence-electron chi connectivity index (χ1n) is 6.22. The van der Waals surface area contributed by atoms with Crippen molar-refractivity contribution in [2.45, 2.75) is 44.7 Å². The summed E-state index contributed by atoms with van der Waals surface area (Å²) >= 11 is 1.32. The summed E-state index contributed by atoms with van der Waals surface area (Å²) in [4.78, 5) is 23.8. The van der Waals surface area contributed by atoms with Crippen molar-refractivity contribution in [1.29, 1.82) is 0 Å². The molecule has 98 valence electrons. The molecule has 0 spiro atoms. The second kappa shape index (κ2) is 5.63. The molecule has 1 amide bonds. The van der Waals surface area contributed by atoms with Crippen LogP contribution in [0.15, 0.2) is 11.4 Å². The van der Waals surface area contributed by atoms with Crippen LogP contribution >= 0.6 is 11.3 Å². The monoisotopic (exact) mass is 266 g/mol. The lowest BCUT2D eigenvalue weighted by molar-refractivity contribution is 0.0930. The van der Waals surface area contributed by atoms with Gasteiger partial charge in [-0.3, -0.25) is 9.59 Å². The van der Waals surface area contributed by atoms with Crippen molar-refractivity contribution in [2.75, 3.05) is 0 Å². The Morgan fingerprint density at radius 1 is 1.33 bits per heavy atom. The van der Waals surface area contributed by atoms with Gasteiger partial charge in [0.2, 0.25) is 0 Å². The molecule has 2 rings (SSSR count). The highest BCUT2D eigenvalue weighted by molar-refractivity contribution is 7.12. The minimum Gasteiger partial charge on any atom is -0.349 e. The van der Waals surface area contributed by atoms with Crippen LogP contribution in [0.25, 0.3) is 0 Å². The van der Waals surface area contributed by atoms with Crippen LogP contribution < -0.4 is 11.1 Å². The number of hydrogen-bond acceptors (Lipinski definition) is 4. The van der Waals surface area contributed by atoms with E-state index in [-0.39, 0.29) is 23.8 Å². The van der Waals surface area contributed by atoms with Gasteiger partial charge in [0.1, 0.15) is 0 Å². The number of thiophene rings is 1. The molecule has 1 saturated carbocycles.